The molecule has 0 bridgehead atoms. The van der Waals surface area contributed by atoms with Crippen LogP contribution in [0.1, 0.15) is 36.8 Å². The standard InChI is InChI=1S/C18H20N4O/c19-11-15-16(23)20-17(21-18(15)8-3-4-9-18)22-10-7-13-5-1-2-6-14(13)12-22/h1-2,5-6,15H,3-4,7-10,12H2,(H,20,21,23). The molecule has 2 heterocycles. The molecule has 1 N–H and O–H groups in total. The first-order chi connectivity index (χ1) is 11.2. The predicted molar refractivity (Wildman–Crippen MR) is 86.4 cm³/mol. The Kier molecular flexibility index (Phi) is 3.33. The van der Waals surface area contributed by atoms with E-state index in [0.29, 0.717) is 5.96 Å². The average Bonchev–Trinajstić information content (AvgIpc) is 3.03. The summed E-state index contributed by atoms with van der Waals surface area (Å²) < 4.78 is 0. The Morgan fingerprint density at radius 3 is 2.74 bits per heavy atom. The quantitative estimate of drug-likeness (QED) is 0.797. The molecule has 3 aliphatic rings. The van der Waals surface area contributed by atoms with Gasteiger partial charge in [0.1, 0.15) is 0 Å². The molecule has 4 rings (SSSR count). The Hall–Kier alpha value is -2.35. The summed E-state index contributed by atoms with van der Waals surface area (Å²) in [6.07, 6.45) is 4.73. The second kappa shape index (κ2) is 5.38. The van der Waals surface area contributed by atoms with E-state index < -0.39 is 11.5 Å². The SMILES string of the molecule is N#CC1C(=O)NC(N2CCc3ccccc3C2)=NC12CCCC2. The van der Waals surface area contributed by atoms with Crippen molar-refractivity contribution in [3.63, 3.8) is 0 Å². The van der Waals surface area contributed by atoms with Gasteiger partial charge in [0.2, 0.25) is 11.9 Å². The van der Waals surface area contributed by atoms with Crippen LogP contribution in [0.4, 0.5) is 0 Å². The number of nitrogens with zero attached hydrogens (tertiary/aromatic N) is 3. The van der Waals surface area contributed by atoms with Crippen LogP contribution in [0.25, 0.3) is 0 Å². The highest BCUT2D eigenvalue weighted by atomic mass is 16.2. The first-order valence-electron chi connectivity index (χ1n) is 8.34. The molecule has 1 amide bonds. The van der Waals surface area contributed by atoms with E-state index in [0.717, 1.165) is 45.2 Å². The Morgan fingerprint density at radius 2 is 2.00 bits per heavy atom. The normalized spacial score (nSPS) is 25.5. The minimum absolute atomic E-state index is 0.182. The summed E-state index contributed by atoms with van der Waals surface area (Å²) in [6.45, 7) is 1.62. The van der Waals surface area contributed by atoms with Crippen LogP contribution >= 0.6 is 0 Å². The number of amides is 1. The van der Waals surface area contributed by atoms with Crippen LogP contribution in [0.15, 0.2) is 29.3 Å². The van der Waals surface area contributed by atoms with Gasteiger partial charge in [0, 0.05) is 13.1 Å². The van der Waals surface area contributed by atoms with Gasteiger partial charge in [-0.15, -0.1) is 0 Å². The van der Waals surface area contributed by atoms with Gasteiger partial charge >= 0.3 is 0 Å². The van der Waals surface area contributed by atoms with Crippen LogP contribution in [0.5, 0.6) is 0 Å². The van der Waals surface area contributed by atoms with Crippen molar-refractivity contribution in [1.82, 2.24) is 10.2 Å². The zero-order valence-electron chi connectivity index (χ0n) is 13.1. The number of hydrogen-bond donors (Lipinski definition) is 1. The monoisotopic (exact) mass is 308 g/mol. The average molecular weight is 308 g/mol. The number of guanidine groups is 1. The lowest BCUT2D eigenvalue weighted by Crippen LogP contribution is -2.57. The fraction of sp³-hybridized carbons (Fsp3) is 0.500. The van der Waals surface area contributed by atoms with E-state index >= 15 is 0 Å². The Labute approximate surface area is 136 Å². The van der Waals surface area contributed by atoms with E-state index in [4.69, 9.17) is 4.99 Å². The van der Waals surface area contributed by atoms with Crippen molar-refractivity contribution in [2.75, 3.05) is 6.54 Å². The molecule has 1 aromatic rings. The molecular weight excluding hydrogens is 288 g/mol. The highest BCUT2D eigenvalue weighted by molar-refractivity contribution is 6.02. The van der Waals surface area contributed by atoms with Gasteiger partial charge in [-0.05, 0) is 30.4 Å². The summed E-state index contributed by atoms with van der Waals surface area (Å²) in [7, 11) is 0. The van der Waals surface area contributed by atoms with E-state index in [1.54, 1.807) is 0 Å². The molecule has 1 atom stereocenters. The molecule has 2 aliphatic heterocycles. The maximum Gasteiger partial charge on any atom is 0.246 e. The third-order valence-corrected chi connectivity index (χ3v) is 5.39. The lowest BCUT2D eigenvalue weighted by molar-refractivity contribution is -0.124. The van der Waals surface area contributed by atoms with Gasteiger partial charge in [-0.1, -0.05) is 37.1 Å². The number of carbonyl (C=O) groups excluding carboxylic acids is 1. The maximum atomic E-state index is 12.4. The van der Waals surface area contributed by atoms with Gasteiger partial charge in [-0.3, -0.25) is 10.1 Å². The summed E-state index contributed by atoms with van der Waals surface area (Å²) in [5.41, 5.74) is 2.17. The second-order valence-corrected chi connectivity index (χ2v) is 6.74. The van der Waals surface area contributed by atoms with Crippen molar-refractivity contribution < 1.29 is 4.79 Å². The van der Waals surface area contributed by atoms with Gasteiger partial charge < -0.3 is 4.90 Å². The zero-order chi connectivity index (χ0) is 15.9. The van der Waals surface area contributed by atoms with Gasteiger partial charge in [-0.2, -0.15) is 5.26 Å². The number of fused-ring (bicyclic) bond motifs is 1. The maximum absolute atomic E-state index is 12.4. The zero-order valence-corrected chi connectivity index (χ0v) is 13.1. The lowest BCUT2D eigenvalue weighted by atomic mass is 9.82. The molecule has 0 aromatic heterocycles. The van der Waals surface area contributed by atoms with Crippen LogP contribution in [0, 0.1) is 17.2 Å². The number of aliphatic imine (C=N–C) groups is 1. The fourth-order valence-electron chi connectivity index (χ4n) is 4.12. The summed E-state index contributed by atoms with van der Waals surface area (Å²) in [4.78, 5) is 19.5. The first-order valence-corrected chi connectivity index (χ1v) is 8.34. The Morgan fingerprint density at radius 1 is 1.26 bits per heavy atom. The van der Waals surface area contributed by atoms with Gasteiger partial charge in [0.05, 0.1) is 11.6 Å². The van der Waals surface area contributed by atoms with Crippen molar-refractivity contribution in [3.05, 3.63) is 35.4 Å². The van der Waals surface area contributed by atoms with E-state index in [-0.39, 0.29) is 5.91 Å². The molecular formula is C18H20N4O. The molecule has 1 saturated carbocycles. The molecule has 1 fully saturated rings. The summed E-state index contributed by atoms with van der Waals surface area (Å²) in [6, 6.07) is 10.6. The number of hydrogen-bond acceptors (Lipinski definition) is 4. The van der Waals surface area contributed by atoms with Gasteiger partial charge in [0.25, 0.3) is 0 Å². The fourth-order valence-corrected chi connectivity index (χ4v) is 4.12. The number of nitriles is 1. The highest BCUT2D eigenvalue weighted by Gasteiger charge is 2.49. The van der Waals surface area contributed by atoms with Gasteiger partial charge in [0.15, 0.2) is 5.92 Å². The van der Waals surface area contributed by atoms with Crippen molar-refractivity contribution in [2.45, 2.75) is 44.2 Å². The predicted octanol–water partition coefficient (Wildman–Crippen LogP) is 1.98. The third-order valence-electron chi connectivity index (χ3n) is 5.39. The summed E-state index contributed by atoms with van der Waals surface area (Å²) in [5, 5.41) is 12.3. The van der Waals surface area contributed by atoms with Crippen molar-refractivity contribution >= 4 is 11.9 Å². The molecule has 0 saturated heterocycles. The Bertz CT molecular complexity index is 712. The summed E-state index contributed by atoms with van der Waals surface area (Å²) >= 11 is 0. The minimum Gasteiger partial charge on any atom is -0.338 e. The number of benzene rings is 1. The molecule has 1 spiro atoms. The smallest absolute Gasteiger partial charge is 0.246 e. The van der Waals surface area contributed by atoms with Crippen LogP contribution in [-0.2, 0) is 17.8 Å². The largest absolute Gasteiger partial charge is 0.338 e. The molecule has 0 radical (unpaired) electrons. The van der Waals surface area contributed by atoms with Crippen LogP contribution < -0.4 is 5.32 Å². The van der Waals surface area contributed by atoms with E-state index in [1.165, 1.54) is 11.1 Å². The summed E-state index contributed by atoms with van der Waals surface area (Å²) in [5.74, 6) is -0.165. The molecule has 23 heavy (non-hydrogen) atoms. The molecule has 1 aliphatic carbocycles. The minimum atomic E-state index is -0.647. The molecule has 118 valence electrons. The molecule has 5 nitrogen and oxygen atoms in total. The molecule has 1 aromatic carbocycles. The van der Waals surface area contributed by atoms with Crippen LogP contribution in [-0.4, -0.2) is 28.9 Å². The first kappa shape index (κ1) is 14.3. The van der Waals surface area contributed by atoms with Crippen LogP contribution in [0.3, 0.4) is 0 Å². The second-order valence-electron chi connectivity index (χ2n) is 6.74. The van der Waals surface area contributed by atoms with Gasteiger partial charge in [-0.25, -0.2) is 4.99 Å². The molecule has 5 heteroatoms. The lowest BCUT2D eigenvalue weighted by Gasteiger charge is -2.39. The van der Waals surface area contributed by atoms with E-state index in [9.17, 15) is 10.1 Å². The van der Waals surface area contributed by atoms with E-state index in [1.807, 2.05) is 6.07 Å². The van der Waals surface area contributed by atoms with E-state index in [2.05, 4.69) is 34.5 Å². The third kappa shape index (κ3) is 2.29. The van der Waals surface area contributed by atoms with Crippen LogP contribution in [0.2, 0.25) is 0 Å². The number of carbonyl (C=O) groups is 1. The highest BCUT2D eigenvalue weighted by Crippen LogP contribution is 2.41. The molecule has 1 unspecified atom stereocenters. The van der Waals surface area contributed by atoms with Crippen molar-refractivity contribution in [3.8, 4) is 6.07 Å². The van der Waals surface area contributed by atoms with Crippen molar-refractivity contribution in [1.29, 1.82) is 5.26 Å². The topological polar surface area (TPSA) is 68.5 Å². The Balaban J connectivity index is 1.66. The van der Waals surface area contributed by atoms with Crippen molar-refractivity contribution in [2.24, 2.45) is 10.9 Å². The number of rotatable bonds is 0. The number of nitrogens with one attached hydrogen (secondary N) is 1.